The van der Waals surface area contributed by atoms with Crippen molar-refractivity contribution >= 4 is 5.69 Å². The Morgan fingerprint density at radius 2 is 1.85 bits per heavy atom. The summed E-state index contributed by atoms with van der Waals surface area (Å²) in [4.78, 5) is 2.34. The van der Waals surface area contributed by atoms with Gasteiger partial charge in [0.15, 0.2) is 0 Å². The summed E-state index contributed by atoms with van der Waals surface area (Å²) in [5.74, 6) is 0. The summed E-state index contributed by atoms with van der Waals surface area (Å²) in [6.07, 6.45) is 8.07. The first-order valence-corrected chi connectivity index (χ1v) is 7.54. The Bertz CT molecular complexity index is 547. The highest BCUT2D eigenvalue weighted by atomic mass is 15.2. The highest BCUT2D eigenvalue weighted by Crippen LogP contribution is 2.47. The number of hydrogen-bond donors (Lipinski definition) is 0. The first kappa shape index (κ1) is 14.9. The van der Waals surface area contributed by atoms with Crippen molar-refractivity contribution in [3.8, 4) is 0 Å². The third-order valence-electron chi connectivity index (χ3n) is 4.23. The summed E-state index contributed by atoms with van der Waals surface area (Å²) in [7, 11) is 2.18. The SMILES string of the molecule is CC/C=C/C(C)(C)/C=C1/N(C)c2ccccc2C1(C)C. The quantitative estimate of drug-likeness (QED) is 0.674. The average Bonchev–Trinajstić information content (AvgIpc) is 2.58. The molecule has 0 N–H and O–H groups in total. The zero-order chi connectivity index (χ0) is 15.0. The topological polar surface area (TPSA) is 3.24 Å². The van der Waals surface area contributed by atoms with Crippen LogP contribution in [0.3, 0.4) is 0 Å². The Morgan fingerprint density at radius 3 is 2.45 bits per heavy atom. The van der Waals surface area contributed by atoms with E-state index < -0.39 is 0 Å². The number of fused-ring (bicyclic) bond motifs is 1. The largest absolute Gasteiger partial charge is 0.347 e. The van der Waals surface area contributed by atoms with E-state index in [4.69, 9.17) is 0 Å². The van der Waals surface area contributed by atoms with Gasteiger partial charge < -0.3 is 4.90 Å². The van der Waals surface area contributed by atoms with Crippen LogP contribution in [-0.2, 0) is 5.41 Å². The molecule has 0 radical (unpaired) electrons. The van der Waals surface area contributed by atoms with Crippen LogP contribution in [0.5, 0.6) is 0 Å². The lowest BCUT2D eigenvalue weighted by atomic mass is 9.80. The number of benzene rings is 1. The van der Waals surface area contributed by atoms with Crippen molar-refractivity contribution in [1.29, 1.82) is 0 Å². The molecule has 1 aromatic carbocycles. The second-order valence-corrected chi connectivity index (χ2v) is 6.86. The summed E-state index contributed by atoms with van der Waals surface area (Å²) < 4.78 is 0. The second kappa shape index (κ2) is 5.12. The lowest BCUT2D eigenvalue weighted by Gasteiger charge is -2.28. The molecular weight excluding hydrogens is 242 g/mol. The van der Waals surface area contributed by atoms with Crippen LogP contribution in [0.25, 0.3) is 0 Å². The van der Waals surface area contributed by atoms with Gasteiger partial charge in [-0.25, -0.2) is 0 Å². The van der Waals surface area contributed by atoms with Crippen molar-refractivity contribution < 1.29 is 0 Å². The highest BCUT2D eigenvalue weighted by Gasteiger charge is 2.38. The van der Waals surface area contributed by atoms with Gasteiger partial charge in [0.25, 0.3) is 0 Å². The van der Waals surface area contributed by atoms with Crippen molar-refractivity contribution in [1.82, 2.24) is 0 Å². The lowest BCUT2D eigenvalue weighted by Crippen LogP contribution is -2.25. The Labute approximate surface area is 124 Å². The van der Waals surface area contributed by atoms with Crippen molar-refractivity contribution in [3.63, 3.8) is 0 Å². The summed E-state index contributed by atoms with van der Waals surface area (Å²) in [5, 5.41) is 0. The van der Waals surface area contributed by atoms with Gasteiger partial charge in [0.2, 0.25) is 0 Å². The first-order valence-electron chi connectivity index (χ1n) is 7.54. The predicted octanol–water partition coefficient (Wildman–Crippen LogP) is 5.29. The molecule has 1 nitrogen and oxygen atoms in total. The Balaban J connectivity index is 2.47. The zero-order valence-corrected chi connectivity index (χ0v) is 13.7. The van der Waals surface area contributed by atoms with Crippen LogP contribution in [0.1, 0.15) is 46.6 Å². The summed E-state index contributed by atoms with van der Waals surface area (Å²) in [6.45, 7) is 11.4. The molecule has 0 aromatic heterocycles. The fraction of sp³-hybridized carbons (Fsp3) is 0.474. The molecule has 0 amide bonds. The van der Waals surface area contributed by atoms with Crippen LogP contribution in [0.4, 0.5) is 5.69 Å². The molecule has 0 bridgehead atoms. The van der Waals surface area contributed by atoms with E-state index in [9.17, 15) is 0 Å². The minimum Gasteiger partial charge on any atom is -0.347 e. The van der Waals surface area contributed by atoms with E-state index in [2.05, 4.69) is 89.1 Å². The van der Waals surface area contributed by atoms with Crippen LogP contribution in [-0.4, -0.2) is 7.05 Å². The maximum Gasteiger partial charge on any atom is 0.0447 e. The number of allylic oxidation sites excluding steroid dienone is 4. The monoisotopic (exact) mass is 269 g/mol. The number of para-hydroxylation sites is 1. The van der Waals surface area contributed by atoms with E-state index in [0.29, 0.717) is 0 Å². The van der Waals surface area contributed by atoms with Gasteiger partial charge in [-0.15, -0.1) is 0 Å². The Morgan fingerprint density at radius 1 is 1.20 bits per heavy atom. The molecule has 0 spiro atoms. The molecule has 1 heterocycles. The average molecular weight is 269 g/mol. The number of rotatable bonds is 3. The molecule has 0 saturated heterocycles. The van der Waals surface area contributed by atoms with Gasteiger partial charge in [-0.1, -0.05) is 71.0 Å². The van der Waals surface area contributed by atoms with Crippen molar-refractivity contribution in [3.05, 3.63) is 53.8 Å². The van der Waals surface area contributed by atoms with Crippen molar-refractivity contribution in [2.75, 3.05) is 11.9 Å². The van der Waals surface area contributed by atoms with E-state index >= 15 is 0 Å². The van der Waals surface area contributed by atoms with Crippen LogP contribution >= 0.6 is 0 Å². The molecule has 0 aliphatic carbocycles. The molecule has 1 heteroatoms. The second-order valence-electron chi connectivity index (χ2n) is 6.86. The molecule has 0 unspecified atom stereocenters. The van der Waals surface area contributed by atoms with Crippen LogP contribution < -0.4 is 4.90 Å². The summed E-state index contributed by atoms with van der Waals surface area (Å²) in [6, 6.07) is 8.73. The zero-order valence-electron chi connectivity index (χ0n) is 13.7. The Kier molecular flexibility index (Phi) is 3.82. The minimum atomic E-state index is 0.0721. The van der Waals surface area contributed by atoms with Crippen LogP contribution in [0, 0.1) is 5.41 Å². The molecule has 1 aromatic rings. The van der Waals surface area contributed by atoms with Crippen LogP contribution in [0.2, 0.25) is 0 Å². The van der Waals surface area contributed by atoms with E-state index in [-0.39, 0.29) is 10.8 Å². The van der Waals surface area contributed by atoms with Gasteiger partial charge in [0.1, 0.15) is 0 Å². The van der Waals surface area contributed by atoms with Gasteiger partial charge in [0.05, 0.1) is 0 Å². The minimum absolute atomic E-state index is 0.0721. The summed E-state index contributed by atoms with van der Waals surface area (Å²) >= 11 is 0. The summed E-state index contributed by atoms with van der Waals surface area (Å²) in [5.41, 5.74) is 4.30. The first-order chi connectivity index (χ1) is 9.29. The van der Waals surface area contributed by atoms with Crippen molar-refractivity contribution in [2.45, 2.75) is 46.5 Å². The molecule has 1 aliphatic rings. The maximum atomic E-state index is 2.42. The maximum absolute atomic E-state index is 2.42. The number of nitrogens with zero attached hydrogens (tertiary/aromatic N) is 1. The molecule has 0 atom stereocenters. The van der Waals surface area contributed by atoms with Gasteiger partial charge in [-0.05, 0) is 18.1 Å². The molecule has 0 fully saturated rings. The predicted molar refractivity (Wildman–Crippen MR) is 89.2 cm³/mol. The van der Waals surface area contributed by atoms with E-state index in [0.717, 1.165) is 6.42 Å². The fourth-order valence-corrected chi connectivity index (χ4v) is 3.08. The third-order valence-corrected chi connectivity index (χ3v) is 4.23. The Hall–Kier alpha value is -1.50. The molecular formula is C19H27N. The van der Waals surface area contributed by atoms with Gasteiger partial charge in [0, 0.05) is 29.3 Å². The van der Waals surface area contributed by atoms with Gasteiger partial charge >= 0.3 is 0 Å². The highest BCUT2D eigenvalue weighted by molar-refractivity contribution is 5.69. The van der Waals surface area contributed by atoms with E-state index in [1.54, 1.807) is 0 Å². The standard InChI is InChI=1S/C19H27N/c1-7-8-13-18(2,3)14-17-19(4,5)15-11-9-10-12-16(15)20(17)6/h8-14H,7H2,1-6H3/b13-8+,17-14+. The molecule has 1 aliphatic heterocycles. The lowest BCUT2D eigenvalue weighted by molar-refractivity contribution is 0.576. The van der Waals surface area contributed by atoms with Gasteiger partial charge in [-0.3, -0.25) is 0 Å². The third kappa shape index (κ3) is 2.54. The number of anilines is 1. The number of likely N-dealkylation sites (N-methyl/N-ethyl adjacent to an activating group) is 1. The van der Waals surface area contributed by atoms with E-state index in [1.165, 1.54) is 16.9 Å². The molecule has 20 heavy (non-hydrogen) atoms. The smallest absolute Gasteiger partial charge is 0.0447 e. The normalized spacial score (nSPS) is 19.9. The van der Waals surface area contributed by atoms with E-state index in [1.807, 2.05) is 0 Å². The van der Waals surface area contributed by atoms with Crippen molar-refractivity contribution in [2.24, 2.45) is 5.41 Å². The molecule has 0 saturated carbocycles. The molecule has 2 rings (SSSR count). The van der Waals surface area contributed by atoms with Crippen LogP contribution in [0.15, 0.2) is 48.2 Å². The van der Waals surface area contributed by atoms with Gasteiger partial charge in [-0.2, -0.15) is 0 Å². The number of hydrogen-bond acceptors (Lipinski definition) is 1. The fourth-order valence-electron chi connectivity index (χ4n) is 3.08. The molecule has 108 valence electrons.